The highest BCUT2D eigenvalue weighted by atomic mass is 32.2. The highest BCUT2D eigenvalue weighted by molar-refractivity contribution is 7.44. The topological polar surface area (TPSA) is 25.8 Å². The van der Waals surface area contributed by atoms with Crippen molar-refractivity contribution >= 4 is 83.9 Å². The van der Waals surface area contributed by atoms with Crippen molar-refractivity contribution in [3.05, 3.63) is 72.1 Å². The van der Waals surface area contributed by atoms with Gasteiger partial charge in [-0.05, 0) is 47.1 Å². The van der Waals surface area contributed by atoms with Crippen LogP contribution in [0.25, 0.3) is 61.1 Å². The maximum atomic E-state index is 4.88. The first kappa shape index (κ1) is 23.3. The lowest BCUT2D eigenvalue weighted by Gasteiger charge is -2.18. The normalized spacial score (nSPS) is 12.8. The van der Waals surface area contributed by atoms with Gasteiger partial charge in [-0.1, -0.05) is 71.0 Å². The molecule has 4 heterocycles. The van der Waals surface area contributed by atoms with E-state index in [0.717, 1.165) is 17.6 Å². The third-order valence-electron chi connectivity index (χ3n) is 7.12. The van der Waals surface area contributed by atoms with Crippen molar-refractivity contribution < 1.29 is 0 Å². The first-order valence-corrected chi connectivity index (χ1v) is 15.3. The van der Waals surface area contributed by atoms with Crippen LogP contribution in [0.3, 0.4) is 0 Å². The third kappa shape index (κ3) is 3.70. The standard InChI is InChI=1S/C32H28N2S3/c1-17(2)22-13-19(14-24-25(22)26-20-10-6-7-12-23(20)35-31(26)36-24)27-30-28(34-16-33-27)21-11-8-9-18(29(21)37-30)15-32(3,4)5/h6-14,16-17H,15H2,1-5H3. The summed E-state index contributed by atoms with van der Waals surface area (Å²) >= 11 is 5.70. The van der Waals surface area contributed by atoms with Crippen LogP contribution in [0.15, 0.2) is 60.9 Å². The van der Waals surface area contributed by atoms with Gasteiger partial charge in [-0.2, -0.15) is 0 Å². The molecule has 0 aliphatic heterocycles. The first-order valence-electron chi connectivity index (χ1n) is 12.8. The lowest BCUT2D eigenvalue weighted by atomic mass is 9.88. The van der Waals surface area contributed by atoms with E-state index in [0.29, 0.717) is 5.92 Å². The Morgan fingerprint density at radius 2 is 1.57 bits per heavy atom. The molecule has 0 aliphatic rings. The third-order valence-corrected chi connectivity index (χ3v) is 10.8. The van der Waals surface area contributed by atoms with Gasteiger partial charge in [0.1, 0.15) is 6.33 Å². The number of nitrogens with zero attached hydrogens (tertiary/aromatic N) is 2. The molecule has 4 aromatic heterocycles. The molecule has 0 unspecified atom stereocenters. The Labute approximate surface area is 228 Å². The van der Waals surface area contributed by atoms with E-state index in [2.05, 4.69) is 89.2 Å². The van der Waals surface area contributed by atoms with E-state index in [1.54, 1.807) is 6.33 Å². The maximum absolute atomic E-state index is 4.88. The Kier molecular flexibility index (Phi) is 5.23. The maximum Gasteiger partial charge on any atom is 0.116 e. The molecule has 0 fully saturated rings. The summed E-state index contributed by atoms with van der Waals surface area (Å²) < 4.78 is 6.68. The summed E-state index contributed by atoms with van der Waals surface area (Å²) in [6, 6.07) is 20.3. The van der Waals surface area contributed by atoms with Crippen LogP contribution in [0.5, 0.6) is 0 Å². The average Bonchev–Trinajstić information content (AvgIpc) is 3.52. The number of rotatable bonds is 3. The zero-order valence-corrected chi connectivity index (χ0v) is 24.1. The van der Waals surface area contributed by atoms with Gasteiger partial charge >= 0.3 is 0 Å². The molecule has 0 aliphatic carbocycles. The van der Waals surface area contributed by atoms with Crippen LogP contribution in [-0.4, -0.2) is 9.97 Å². The molecule has 0 amide bonds. The van der Waals surface area contributed by atoms with Crippen LogP contribution in [0, 0.1) is 5.41 Å². The molecule has 0 bridgehead atoms. The monoisotopic (exact) mass is 536 g/mol. The number of benzene rings is 3. The second kappa shape index (κ2) is 8.32. The highest BCUT2D eigenvalue weighted by Gasteiger charge is 2.21. The minimum atomic E-state index is 0.229. The van der Waals surface area contributed by atoms with Gasteiger partial charge in [0.2, 0.25) is 0 Å². The quantitative estimate of drug-likeness (QED) is 0.224. The molecule has 0 saturated carbocycles. The number of fused-ring (bicyclic) bond motifs is 8. The minimum Gasteiger partial charge on any atom is -0.235 e. The lowest BCUT2D eigenvalue weighted by Crippen LogP contribution is -2.08. The number of thiophene rings is 3. The van der Waals surface area contributed by atoms with E-state index in [-0.39, 0.29) is 5.41 Å². The number of hydrogen-bond acceptors (Lipinski definition) is 5. The molecule has 5 heteroatoms. The van der Waals surface area contributed by atoms with Crippen molar-refractivity contribution in [2.24, 2.45) is 5.41 Å². The summed E-state index contributed by atoms with van der Waals surface area (Å²) in [4.78, 5) is 9.66. The van der Waals surface area contributed by atoms with Gasteiger partial charge in [-0.15, -0.1) is 34.0 Å². The summed E-state index contributed by atoms with van der Waals surface area (Å²) in [6.45, 7) is 11.5. The Morgan fingerprint density at radius 3 is 2.38 bits per heavy atom. The molecular weight excluding hydrogens is 509 g/mol. The summed E-state index contributed by atoms with van der Waals surface area (Å²) in [5.41, 5.74) is 6.37. The molecule has 37 heavy (non-hydrogen) atoms. The number of aromatic nitrogens is 2. The molecular formula is C32H28N2S3. The lowest BCUT2D eigenvalue weighted by molar-refractivity contribution is 0.413. The first-order chi connectivity index (χ1) is 17.8. The molecule has 2 nitrogen and oxygen atoms in total. The molecule has 184 valence electrons. The van der Waals surface area contributed by atoms with Crippen molar-refractivity contribution in [3.8, 4) is 11.3 Å². The molecule has 0 radical (unpaired) electrons. The second-order valence-corrected chi connectivity index (χ2v) is 14.9. The van der Waals surface area contributed by atoms with Crippen LogP contribution in [0.2, 0.25) is 0 Å². The average molecular weight is 537 g/mol. The molecule has 7 rings (SSSR count). The summed E-state index contributed by atoms with van der Waals surface area (Å²) in [6.07, 6.45) is 2.79. The number of hydrogen-bond donors (Lipinski definition) is 0. The Balaban J connectivity index is 1.50. The molecule has 3 aromatic carbocycles. The van der Waals surface area contributed by atoms with E-state index >= 15 is 0 Å². The largest absolute Gasteiger partial charge is 0.235 e. The van der Waals surface area contributed by atoms with Gasteiger partial charge in [0.15, 0.2) is 0 Å². The van der Waals surface area contributed by atoms with Crippen molar-refractivity contribution in [2.45, 2.75) is 47.0 Å². The minimum absolute atomic E-state index is 0.229. The predicted molar refractivity (Wildman–Crippen MR) is 166 cm³/mol. The van der Waals surface area contributed by atoms with Gasteiger partial charge in [-0.3, -0.25) is 0 Å². The van der Waals surface area contributed by atoms with Crippen molar-refractivity contribution in [2.75, 3.05) is 0 Å². The van der Waals surface area contributed by atoms with Crippen molar-refractivity contribution in [1.29, 1.82) is 0 Å². The van der Waals surface area contributed by atoms with Crippen LogP contribution in [-0.2, 0) is 6.42 Å². The zero-order valence-electron chi connectivity index (χ0n) is 21.7. The van der Waals surface area contributed by atoms with E-state index in [4.69, 9.17) is 9.97 Å². The SMILES string of the molecule is CC(C)c1cc(-c2ncnc3c2sc2c(CC(C)(C)C)cccc23)cc2sc3sc4ccccc4c3c12. The fraction of sp³-hybridized carbons (Fsp3) is 0.250. The van der Waals surface area contributed by atoms with Crippen LogP contribution in [0.4, 0.5) is 0 Å². The molecule has 7 aromatic rings. The van der Waals surface area contributed by atoms with Gasteiger partial charge in [0, 0.05) is 41.2 Å². The Bertz CT molecular complexity index is 1980. The summed E-state index contributed by atoms with van der Waals surface area (Å²) in [7, 11) is 0. The summed E-state index contributed by atoms with van der Waals surface area (Å²) in [5, 5.41) is 5.48. The Hall–Kier alpha value is -2.86. The van der Waals surface area contributed by atoms with Crippen molar-refractivity contribution in [1.82, 2.24) is 9.97 Å². The predicted octanol–water partition coefficient (Wildman–Crippen LogP) is 10.8. The van der Waals surface area contributed by atoms with Crippen LogP contribution in [0.1, 0.15) is 51.7 Å². The molecule has 0 N–H and O–H groups in total. The molecule has 0 spiro atoms. The second-order valence-electron chi connectivity index (χ2n) is 11.5. The van der Waals surface area contributed by atoms with E-state index in [1.807, 2.05) is 34.0 Å². The summed E-state index contributed by atoms with van der Waals surface area (Å²) in [5.74, 6) is 0.414. The van der Waals surface area contributed by atoms with Gasteiger partial charge in [0.05, 0.1) is 19.9 Å². The van der Waals surface area contributed by atoms with Gasteiger partial charge in [-0.25, -0.2) is 9.97 Å². The van der Waals surface area contributed by atoms with Gasteiger partial charge in [0.25, 0.3) is 0 Å². The Morgan fingerprint density at radius 1 is 0.784 bits per heavy atom. The molecule has 0 saturated heterocycles. The van der Waals surface area contributed by atoms with E-state index in [9.17, 15) is 0 Å². The van der Waals surface area contributed by atoms with Gasteiger partial charge < -0.3 is 0 Å². The molecule has 0 atom stereocenters. The van der Waals surface area contributed by atoms with Crippen LogP contribution < -0.4 is 0 Å². The van der Waals surface area contributed by atoms with E-state index < -0.39 is 0 Å². The fourth-order valence-electron chi connectivity index (χ4n) is 5.58. The smallest absolute Gasteiger partial charge is 0.116 e. The van der Waals surface area contributed by atoms with E-state index in [1.165, 1.54) is 61.0 Å². The van der Waals surface area contributed by atoms with Crippen LogP contribution >= 0.6 is 34.0 Å². The van der Waals surface area contributed by atoms with Crippen molar-refractivity contribution in [3.63, 3.8) is 0 Å². The highest BCUT2D eigenvalue weighted by Crippen LogP contribution is 2.48. The zero-order chi connectivity index (χ0) is 25.5. The fourth-order valence-corrected chi connectivity index (χ4v) is 9.53.